The molecular weight excluding hydrogens is 1030 g/mol. The Morgan fingerprint density at radius 3 is 1.82 bits per heavy atom. The lowest BCUT2D eigenvalue weighted by atomic mass is 9.74. The summed E-state index contributed by atoms with van der Waals surface area (Å²) >= 11 is 1.90. The van der Waals surface area contributed by atoms with E-state index < -0.39 is 0 Å². The van der Waals surface area contributed by atoms with Crippen LogP contribution in [0.1, 0.15) is 55.9 Å². The summed E-state index contributed by atoms with van der Waals surface area (Å²) in [4.78, 5) is 5.07. The summed E-state index contributed by atoms with van der Waals surface area (Å²) < 4.78 is 5.13. The van der Waals surface area contributed by atoms with Gasteiger partial charge in [0.1, 0.15) is 0 Å². The first-order valence-electron chi connectivity index (χ1n) is 29.6. The van der Waals surface area contributed by atoms with Crippen LogP contribution in [-0.4, -0.2) is 4.57 Å². The topological polar surface area (TPSA) is 11.4 Å². The maximum atomic E-state index is 2.59. The van der Waals surface area contributed by atoms with E-state index in [0.29, 0.717) is 0 Å². The summed E-state index contributed by atoms with van der Waals surface area (Å²) in [6.07, 6.45) is 7.48. The number of fused-ring (bicyclic) bond motifs is 15. The highest BCUT2D eigenvalue weighted by atomic mass is 32.1. The van der Waals surface area contributed by atoms with Crippen LogP contribution in [0.15, 0.2) is 279 Å². The largest absolute Gasteiger partial charge is 0.311 e. The summed E-state index contributed by atoms with van der Waals surface area (Å²) in [5.41, 5.74) is 20.3. The van der Waals surface area contributed by atoms with E-state index in [9.17, 15) is 0 Å². The molecule has 14 aromatic rings. The van der Waals surface area contributed by atoms with Crippen molar-refractivity contribution >= 4 is 103 Å². The smallest absolute Gasteiger partial charge is 0.0555 e. The molecular formula is C80H59N3S. The van der Waals surface area contributed by atoms with Crippen molar-refractivity contribution in [2.24, 2.45) is 5.92 Å². The third-order valence-corrected chi connectivity index (χ3v) is 20.4. The van der Waals surface area contributed by atoms with Crippen LogP contribution in [0.2, 0.25) is 0 Å². The fourth-order valence-electron chi connectivity index (χ4n) is 15.0. The van der Waals surface area contributed by atoms with Crippen LogP contribution in [0.3, 0.4) is 0 Å². The Balaban J connectivity index is 0.946. The van der Waals surface area contributed by atoms with Crippen molar-refractivity contribution in [2.75, 3.05) is 9.80 Å². The zero-order valence-electron chi connectivity index (χ0n) is 47.4. The molecule has 2 aromatic heterocycles. The van der Waals surface area contributed by atoms with Crippen LogP contribution in [-0.2, 0) is 10.8 Å². The standard InChI is InChI=1S/C80H59N3S/c1-79(2)70-27-15-12-24-63(70)65-38-35-59(48-72(65)79)81(57-33-30-50-18-8-10-20-52(50)42-57)61-44-55(54-32-37-69-75(46-54)83(56-22-6-5-7-23-56)74-41-40-68-67-26-14-17-29-76(67)84-78(68)77(69)74)45-62(47-61)82(58-34-31-51-19-9-11-21-53(51)43-58)60-36-39-66-64-25-13-16-28-71(64)80(3,4)73(66)49-60/h5-49,65,72H,1-4H3. The van der Waals surface area contributed by atoms with Gasteiger partial charge in [0, 0.05) is 82.1 Å². The average Bonchev–Trinajstić information content (AvgIpc) is 3.90. The second kappa shape index (κ2) is 18.4. The third kappa shape index (κ3) is 7.36. The van der Waals surface area contributed by atoms with E-state index in [1.165, 1.54) is 96.9 Å². The number of thiophene rings is 1. The molecule has 0 N–H and O–H groups in total. The molecule has 4 heteroatoms. The number of benzene rings is 12. The minimum atomic E-state index is -0.198. The van der Waals surface area contributed by atoms with Crippen molar-refractivity contribution in [3.63, 3.8) is 0 Å². The normalized spacial score (nSPS) is 16.3. The molecule has 12 aromatic carbocycles. The molecule has 0 aliphatic heterocycles. The van der Waals surface area contributed by atoms with Gasteiger partial charge in [0.05, 0.1) is 11.0 Å². The van der Waals surface area contributed by atoms with Gasteiger partial charge in [-0.1, -0.05) is 210 Å². The van der Waals surface area contributed by atoms with E-state index >= 15 is 0 Å². The van der Waals surface area contributed by atoms with Crippen LogP contribution < -0.4 is 9.80 Å². The summed E-state index contributed by atoms with van der Waals surface area (Å²) in [7, 11) is 0. The number of rotatable bonds is 8. The summed E-state index contributed by atoms with van der Waals surface area (Å²) in [6, 6.07) is 95.9. The first-order valence-corrected chi connectivity index (χ1v) is 30.4. The van der Waals surface area contributed by atoms with Gasteiger partial charge in [-0.3, -0.25) is 0 Å². The molecule has 0 saturated heterocycles. The van der Waals surface area contributed by atoms with Gasteiger partial charge in [-0.2, -0.15) is 0 Å². The molecule has 84 heavy (non-hydrogen) atoms. The van der Waals surface area contributed by atoms with Gasteiger partial charge in [-0.25, -0.2) is 0 Å². The molecule has 0 amide bonds. The van der Waals surface area contributed by atoms with Crippen LogP contribution in [0.4, 0.5) is 28.4 Å². The first-order chi connectivity index (χ1) is 41.1. The fourth-order valence-corrected chi connectivity index (χ4v) is 16.3. The number of allylic oxidation sites excluding steroid dienone is 3. The Kier molecular flexibility index (Phi) is 10.7. The molecule has 0 bridgehead atoms. The second-order valence-electron chi connectivity index (χ2n) is 24.5. The number of hydrogen-bond donors (Lipinski definition) is 0. The molecule has 17 rings (SSSR count). The van der Waals surface area contributed by atoms with Crippen molar-refractivity contribution in [3.05, 3.63) is 301 Å². The highest BCUT2D eigenvalue weighted by Gasteiger charge is 2.45. The average molecular weight is 1090 g/mol. The highest BCUT2D eigenvalue weighted by Crippen LogP contribution is 2.56. The SMILES string of the molecule is CC1(C)c2ccccc2-c2ccc(N(c3cc(-c4ccc5c6c7sc8ccccc8c7ccc6n(-c6ccccc6)c5c4)cc(N(C4=CC5C(C=C4)c4ccccc4C5(C)C)c4ccc5ccccc5c4)c3)c3ccc4ccccc4c3)cc21. The monoisotopic (exact) mass is 1090 g/mol. The molecule has 2 atom stereocenters. The Bertz CT molecular complexity index is 5130. The lowest BCUT2D eigenvalue weighted by Gasteiger charge is -2.35. The number of hydrogen-bond acceptors (Lipinski definition) is 3. The minimum Gasteiger partial charge on any atom is -0.311 e. The maximum Gasteiger partial charge on any atom is 0.0555 e. The zero-order valence-corrected chi connectivity index (χ0v) is 48.2. The molecule has 2 heterocycles. The van der Waals surface area contributed by atoms with Crippen LogP contribution >= 0.6 is 11.3 Å². The van der Waals surface area contributed by atoms with Crippen molar-refractivity contribution in [3.8, 4) is 27.9 Å². The molecule has 0 spiro atoms. The highest BCUT2D eigenvalue weighted by molar-refractivity contribution is 7.26. The molecule has 400 valence electrons. The van der Waals surface area contributed by atoms with Crippen LogP contribution in [0.25, 0.3) is 91.5 Å². The van der Waals surface area contributed by atoms with Gasteiger partial charge < -0.3 is 14.4 Å². The van der Waals surface area contributed by atoms with Crippen LogP contribution in [0, 0.1) is 5.92 Å². The third-order valence-electron chi connectivity index (χ3n) is 19.2. The molecule has 3 nitrogen and oxygen atoms in total. The van der Waals surface area contributed by atoms with Crippen LogP contribution in [0.5, 0.6) is 0 Å². The predicted molar refractivity (Wildman–Crippen MR) is 358 cm³/mol. The van der Waals surface area contributed by atoms with E-state index in [1.54, 1.807) is 0 Å². The van der Waals surface area contributed by atoms with Gasteiger partial charge in [0.2, 0.25) is 0 Å². The Hall–Kier alpha value is -9.74. The van der Waals surface area contributed by atoms with Gasteiger partial charge in [0.15, 0.2) is 0 Å². The van der Waals surface area contributed by atoms with Gasteiger partial charge in [-0.05, 0) is 168 Å². The number of anilines is 5. The molecule has 2 unspecified atom stereocenters. The summed E-state index contributed by atoms with van der Waals surface area (Å²) in [6.45, 7) is 9.66. The summed E-state index contributed by atoms with van der Waals surface area (Å²) in [5, 5.41) is 9.99. The van der Waals surface area contributed by atoms with Crippen molar-refractivity contribution < 1.29 is 0 Å². The van der Waals surface area contributed by atoms with Gasteiger partial charge in [-0.15, -0.1) is 11.3 Å². The lowest BCUT2D eigenvalue weighted by Crippen LogP contribution is -2.28. The predicted octanol–water partition coefficient (Wildman–Crippen LogP) is 22.2. The Morgan fingerprint density at radius 2 is 1.04 bits per heavy atom. The van der Waals surface area contributed by atoms with Crippen molar-refractivity contribution in [1.29, 1.82) is 0 Å². The lowest BCUT2D eigenvalue weighted by molar-refractivity contribution is 0.392. The number of aromatic nitrogens is 1. The second-order valence-corrected chi connectivity index (χ2v) is 25.6. The van der Waals surface area contributed by atoms with E-state index in [4.69, 9.17) is 0 Å². The van der Waals surface area contributed by atoms with E-state index in [2.05, 4.69) is 315 Å². The van der Waals surface area contributed by atoms with E-state index in [1.807, 2.05) is 11.3 Å². The van der Waals surface area contributed by atoms with E-state index in [-0.39, 0.29) is 22.7 Å². The molecule has 0 radical (unpaired) electrons. The zero-order chi connectivity index (χ0) is 56.0. The molecule has 3 aliphatic carbocycles. The van der Waals surface area contributed by atoms with E-state index in [0.717, 1.165) is 50.9 Å². The van der Waals surface area contributed by atoms with Crippen molar-refractivity contribution in [2.45, 2.75) is 44.4 Å². The Morgan fingerprint density at radius 1 is 0.417 bits per heavy atom. The quantitative estimate of drug-likeness (QED) is 0.150. The minimum absolute atomic E-state index is 0.0821. The summed E-state index contributed by atoms with van der Waals surface area (Å²) in [5.74, 6) is 0.541. The molecule has 0 saturated carbocycles. The van der Waals surface area contributed by atoms with Gasteiger partial charge >= 0.3 is 0 Å². The van der Waals surface area contributed by atoms with Crippen molar-refractivity contribution in [1.82, 2.24) is 4.57 Å². The first kappa shape index (κ1) is 48.9. The maximum absolute atomic E-state index is 2.59. The molecule has 0 fully saturated rings. The molecule has 3 aliphatic rings. The Labute approximate surface area is 493 Å². The fraction of sp³-hybridized carbons (Fsp3) is 0.100. The number of para-hydroxylation sites is 1. The van der Waals surface area contributed by atoms with Gasteiger partial charge in [0.25, 0.3) is 0 Å². The number of nitrogens with zero attached hydrogens (tertiary/aromatic N) is 3.